The van der Waals surface area contributed by atoms with Gasteiger partial charge >= 0.3 is 0 Å². The van der Waals surface area contributed by atoms with Crippen molar-refractivity contribution in [3.05, 3.63) is 118 Å². The molecule has 152 valence electrons. The van der Waals surface area contributed by atoms with Crippen molar-refractivity contribution in [2.75, 3.05) is 0 Å². The van der Waals surface area contributed by atoms with Crippen molar-refractivity contribution in [1.82, 2.24) is 0 Å². The minimum absolute atomic E-state index is 1.09. The van der Waals surface area contributed by atoms with Gasteiger partial charge in [0.25, 0.3) is 0 Å². The van der Waals surface area contributed by atoms with Gasteiger partial charge in [0.1, 0.15) is 0 Å². The van der Waals surface area contributed by atoms with E-state index < -0.39 is 0 Å². The zero-order valence-electron chi connectivity index (χ0n) is 17.1. The second-order valence-electron chi connectivity index (χ2n) is 8.09. The first-order valence-electron chi connectivity index (χ1n) is 10.6. The number of benzene rings is 6. The van der Waals surface area contributed by atoms with Crippen LogP contribution >= 0.6 is 31.9 Å². The van der Waals surface area contributed by atoms with Crippen molar-refractivity contribution in [1.29, 1.82) is 0 Å². The third-order valence-corrected chi connectivity index (χ3v) is 7.14. The van der Waals surface area contributed by atoms with E-state index in [1.807, 2.05) is 0 Å². The summed E-state index contributed by atoms with van der Waals surface area (Å²) in [4.78, 5) is 0. The first kappa shape index (κ1) is 19.7. The highest BCUT2D eigenvalue weighted by molar-refractivity contribution is 9.10. The lowest BCUT2D eigenvalue weighted by Crippen LogP contribution is -1.87. The predicted octanol–water partition coefficient (Wildman–Crippen LogP) is 10.0. The lowest BCUT2D eigenvalue weighted by atomic mass is 9.90. The normalized spacial score (nSPS) is 11.4. The molecule has 0 radical (unpaired) electrons. The summed E-state index contributed by atoms with van der Waals surface area (Å²) in [7, 11) is 0. The molecule has 0 amide bonds. The van der Waals surface area contributed by atoms with E-state index in [1.165, 1.54) is 54.6 Å². The van der Waals surface area contributed by atoms with Crippen LogP contribution in [0.1, 0.15) is 0 Å². The Morgan fingerprint density at radius 2 is 1.12 bits per heavy atom. The molecule has 6 aromatic rings. The van der Waals surface area contributed by atoms with E-state index in [4.69, 9.17) is 0 Å². The van der Waals surface area contributed by atoms with Crippen LogP contribution in [0.15, 0.2) is 118 Å². The Kier molecular flexibility index (Phi) is 4.86. The topological polar surface area (TPSA) is 0 Å². The van der Waals surface area contributed by atoms with Crippen LogP contribution in [0, 0.1) is 0 Å². The van der Waals surface area contributed by atoms with E-state index in [9.17, 15) is 0 Å². The number of rotatable bonds is 2. The highest BCUT2D eigenvalue weighted by atomic mass is 79.9. The fraction of sp³-hybridized carbons (Fsp3) is 0. The summed E-state index contributed by atoms with van der Waals surface area (Å²) in [6.45, 7) is 0. The number of halogens is 2. The number of fused-ring (bicyclic) bond motifs is 3. The molecule has 0 saturated heterocycles. The van der Waals surface area contributed by atoms with Crippen LogP contribution in [0.25, 0.3) is 54.6 Å². The summed E-state index contributed by atoms with van der Waals surface area (Å²) < 4.78 is 2.19. The lowest BCUT2D eigenvalue weighted by Gasteiger charge is -2.14. The molecule has 0 heterocycles. The van der Waals surface area contributed by atoms with Gasteiger partial charge in [-0.1, -0.05) is 111 Å². The molecule has 0 aromatic heterocycles. The van der Waals surface area contributed by atoms with Crippen molar-refractivity contribution < 1.29 is 0 Å². The molecule has 6 rings (SSSR count). The first-order chi connectivity index (χ1) is 15.7. The van der Waals surface area contributed by atoms with Gasteiger partial charge in [0.15, 0.2) is 0 Å². The average molecular weight is 538 g/mol. The Labute approximate surface area is 203 Å². The Balaban J connectivity index is 1.58. The maximum Gasteiger partial charge on any atom is 0.0181 e. The molecule has 2 heteroatoms. The molecule has 0 spiro atoms. The van der Waals surface area contributed by atoms with Crippen molar-refractivity contribution >= 4 is 64.2 Å². The third-order valence-electron chi connectivity index (χ3n) is 6.15. The number of hydrogen-bond donors (Lipinski definition) is 0. The first-order valence-corrected chi connectivity index (χ1v) is 12.2. The molecule has 32 heavy (non-hydrogen) atoms. The van der Waals surface area contributed by atoms with E-state index in [0.29, 0.717) is 0 Å². The van der Waals surface area contributed by atoms with Crippen molar-refractivity contribution in [3.63, 3.8) is 0 Å². The Morgan fingerprint density at radius 1 is 0.406 bits per heavy atom. The predicted molar refractivity (Wildman–Crippen MR) is 145 cm³/mol. The highest BCUT2D eigenvalue weighted by Gasteiger charge is 2.12. The summed E-state index contributed by atoms with van der Waals surface area (Å²) in [5.74, 6) is 0. The maximum atomic E-state index is 3.67. The van der Waals surface area contributed by atoms with Crippen molar-refractivity contribution in [2.24, 2.45) is 0 Å². The van der Waals surface area contributed by atoms with E-state index in [1.54, 1.807) is 0 Å². The molecule has 0 aliphatic carbocycles. The van der Waals surface area contributed by atoms with Gasteiger partial charge in [-0.25, -0.2) is 0 Å². The molecule has 0 atom stereocenters. The van der Waals surface area contributed by atoms with E-state index in [2.05, 4.69) is 141 Å². The summed E-state index contributed by atoms with van der Waals surface area (Å²) in [6.07, 6.45) is 0. The molecular weight excluding hydrogens is 520 g/mol. The molecule has 6 aromatic carbocycles. The molecule has 0 bridgehead atoms. The molecule has 0 aliphatic heterocycles. The maximum absolute atomic E-state index is 3.67. The quantitative estimate of drug-likeness (QED) is 0.193. The van der Waals surface area contributed by atoms with Gasteiger partial charge < -0.3 is 0 Å². The summed E-state index contributed by atoms with van der Waals surface area (Å²) in [5.41, 5.74) is 5.00. The molecule has 0 fully saturated rings. The second kappa shape index (κ2) is 7.88. The molecule has 0 N–H and O–H groups in total. The van der Waals surface area contributed by atoms with Crippen LogP contribution < -0.4 is 0 Å². The smallest absolute Gasteiger partial charge is 0.0181 e. The average Bonchev–Trinajstić information content (AvgIpc) is 2.82. The summed E-state index contributed by atoms with van der Waals surface area (Å²) >= 11 is 7.31. The van der Waals surface area contributed by atoms with Gasteiger partial charge in [-0.2, -0.15) is 0 Å². The van der Waals surface area contributed by atoms with Crippen molar-refractivity contribution in [2.45, 2.75) is 0 Å². The Morgan fingerprint density at radius 3 is 2.00 bits per heavy atom. The van der Waals surface area contributed by atoms with E-state index in [-0.39, 0.29) is 0 Å². The summed E-state index contributed by atoms with van der Waals surface area (Å²) in [6, 6.07) is 39.4. The number of hydrogen-bond acceptors (Lipinski definition) is 0. The molecule has 0 unspecified atom stereocenters. The van der Waals surface area contributed by atoms with Crippen LogP contribution in [0.5, 0.6) is 0 Å². The van der Waals surface area contributed by atoms with Gasteiger partial charge in [-0.15, -0.1) is 0 Å². The SMILES string of the molecule is Brc1ccc2c(-c3ccc(-c4cccc5ccccc45)cc3)c3cc(Br)ccc3cc2c1. The van der Waals surface area contributed by atoms with Crippen LogP contribution in [-0.2, 0) is 0 Å². The zero-order chi connectivity index (χ0) is 21.7. The highest BCUT2D eigenvalue weighted by Crippen LogP contribution is 2.39. The largest absolute Gasteiger partial charge is 0.0616 e. The second-order valence-corrected chi connectivity index (χ2v) is 9.92. The van der Waals surface area contributed by atoms with E-state index in [0.717, 1.165) is 8.95 Å². The third kappa shape index (κ3) is 3.35. The van der Waals surface area contributed by atoms with Gasteiger partial charge in [0.05, 0.1) is 0 Å². The van der Waals surface area contributed by atoms with Crippen molar-refractivity contribution in [3.8, 4) is 22.3 Å². The lowest BCUT2D eigenvalue weighted by molar-refractivity contribution is 1.63. The van der Waals surface area contributed by atoms with Gasteiger partial charge in [0.2, 0.25) is 0 Å². The summed E-state index contributed by atoms with van der Waals surface area (Å²) in [5, 5.41) is 7.55. The van der Waals surface area contributed by atoms with Gasteiger partial charge in [0, 0.05) is 8.95 Å². The van der Waals surface area contributed by atoms with Crippen LogP contribution in [0.4, 0.5) is 0 Å². The van der Waals surface area contributed by atoms with Crippen LogP contribution in [0.3, 0.4) is 0 Å². The van der Waals surface area contributed by atoms with Crippen LogP contribution in [-0.4, -0.2) is 0 Å². The zero-order valence-corrected chi connectivity index (χ0v) is 20.3. The fourth-order valence-corrected chi connectivity index (χ4v) is 5.41. The monoisotopic (exact) mass is 536 g/mol. The van der Waals surface area contributed by atoms with Gasteiger partial charge in [-0.3, -0.25) is 0 Å². The van der Waals surface area contributed by atoms with Crippen LogP contribution in [0.2, 0.25) is 0 Å². The van der Waals surface area contributed by atoms with Gasteiger partial charge in [-0.05, 0) is 84.9 Å². The fourth-order valence-electron chi connectivity index (χ4n) is 4.67. The molecule has 0 saturated carbocycles. The molecule has 0 nitrogen and oxygen atoms in total. The minimum atomic E-state index is 1.09. The molecule has 0 aliphatic rings. The molecular formula is C30H18Br2. The Hall–Kier alpha value is -2.94. The Bertz CT molecular complexity index is 1620. The standard InChI is InChI=1S/C30H18Br2/c31-24-14-15-28-23(17-24)16-22-12-13-25(32)18-29(22)30(28)21-10-8-20(9-11-21)27-7-3-5-19-4-1-2-6-26(19)27/h1-18H. The minimum Gasteiger partial charge on any atom is -0.0616 e. The van der Waals surface area contributed by atoms with E-state index >= 15 is 0 Å².